The Morgan fingerprint density at radius 3 is 2.67 bits per heavy atom. The monoisotopic (exact) mass is 204 g/mol. The van der Waals surface area contributed by atoms with Gasteiger partial charge in [0.05, 0.1) is 0 Å². The van der Waals surface area contributed by atoms with Crippen molar-refractivity contribution < 1.29 is 0 Å². The van der Waals surface area contributed by atoms with E-state index in [2.05, 4.69) is 30.9 Å². The maximum Gasteiger partial charge on any atom is 0.0397 e. The molecule has 2 heteroatoms. The van der Waals surface area contributed by atoms with Crippen molar-refractivity contribution in [3.05, 3.63) is 23.8 Å². The van der Waals surface area contributed by atoms with Crippen molar-refractivity contribution in [2.24, 2.45) is 5.92 Å². The maximum atomic E-state index is 5.76. The summed E-state index contributed by atoms with van der Waals surface area (Å²) in [6.07, 6.45) is 2.81. The normalized spacial score (nSPS) is 15.3. The van der Waals surface area contributed by atoms with Crippen molar-refractivity contribution in [3.8, 4) is 0 Å². The van der Waals surface area contributed by atoms with E-state index in [1.165, 1.54) is 30.6 Å². The lowest BCUT2D eigenvalue weighted by Crippen LogP contribution is -2.25. The fourth-order valence-corrected chi connectivity index (χ4v) is 2.04. The van der Waals surface area contributed by atoms with Crippen LogP contribution < -0.4 is 10.6 Å². The number of anilines is 2. The van der Waals surface area contributed by atoms with Crippen LogP contribution in [0.25, 0.3) is 0 Å². The number of aryl methyl sites for hydroxylation is 1. The first-order valence-corrected chi connectivity index (χ1v) is 5.81. The second-order valence-corrected chi connectivity index (χ2v) is 4.53. The maximum absolute atomic E-state index is 5.76. The molecule has 1 aliphatic carbocycles. The van der Waals surface area contributed by atoms with Crippen LogP contribution in [0.15, 0.2) is 18.2 Å². The van der Waals surface area contributed by atoms with Gasteiger partial charge in [0, 0.05) is 24.5 Å². The number of nitrogen functional groups attached to an aromatic ring is 1. The van der Waals surface area contributed by atoms with Crippen molar-refractivity contribution in [1.82, 2.24) is 0 Å². The van der Waals surface area contributed by atoms with Crippen LogP contribution in [-0.2, 0) is 0 Å². The third kappa shape index (κ3) is 2.44. The first kappa shape index (κ1) is 10.3. The van der Waals surface area contributed by atoms with Crippen molar-refractivity contribution >= 4 is 11.4 Å². The molecule has 0 aliphatic heterocycles. The minimum atomic E-state index is 0.860. The molecule has 0 heterocycles. The van der Waals surface area contributed by atoms with Crippen LogP contribution in [0.4, 0.5) is 11.4 Å². The van der Waals surface area contributed by atoms with E-state index in [0.717, 1.165) is 18.2 Å². The molecule has 1 aliphatic rings. The van der Waals surface area contributed by atoms with Crippen LogP contribution in [0.5, 0.6) is 0 Å². The fraction of sp³-hybridized carbons (Fsp3) is 0.538. The van der Waals surface area contributed by atoms with Gasteiger partial charge in [-0.15, -0.1) is 0 Å². The third-order valence-corrected chi connectivity index (χ3v) is 3.12. The Kier molecular flexibility index (Phi) is 2.85. The Labute approximate surface area is 92.1 Å². The summed E-state index contributed by atoms with van der Waals surface area (Å²) in [7, 11) is 0. The molecule has 2 rings (SSSR count). The third-order valence-electron chi connectivity index (χ3n) is 3.12. The van der Waals surface area contributed by atoms with Crippen LogP contribution in [-0.4, -0.2) is 13.1 Å². The minimum absolute atomic E-state index is 0.860. The molecular formula is C13H20N2. The molecule has 1 saturated carbocycles. The first-order valence-electron chi connectivity index (χ1n) is 5.81. The summed E-state index contributed by atoms with van der Waals surface area (Å²) in [5.74, 6) is 0.932. The quantitative estimate of drug-likeness (QED) is 0.764. The van der Waals surface area contributed by atoms with Crippen LogP contribution in [0.3, 0.4) is 0 Å². The van der Waals surface area contributed by atoms with E-state index in [-0.39, 0.29) is 0 Å². The highest BCUT2D eigenvalue weighted by Gasteiger charge is 2.24. The van der Waals surface area contributed by atoms with Crippen LogP contribution in [0.1, 0.15) is 25.3 Å². The van der Waals surface area contributed by atoms with Crippen molar-refractivity contribution in [2.45, 2.75) is 26.7 Å². The van der Waals surface area contributed by atoms with E-state index < -0.39 is 0 Å². The van der Waals surface area contributed by atoms with Gasteiger partial charge in [0.2, 0.25) is 0 Å². The fourth-order valence-electron chi connectivity index (χ4n) is 2.04. The molecule has 0 saturated heterocycles. The smallest absolute Gasteiger partial charge is 0.0397 e. The summed E-state index contributed by atoms with van der Waals surface area (Å²) in [6.45, 7) is 6.65. The lowest BCUT2D eigenvalue weighted by Gasteiger charge is -2.25. The van der Waals surface area contributed by atoms with Crippen LogP contribution in [0.2, 0.25) is 0 Å². The molecule has 0 amide bonds. The number of nitrogens with zero attached hydrogens (tertiary/aromatic N) is 1. The topological polar surface area (TPSA) is 29.3 Å². The molecule has 2 N–H and O–H groups in total. The van der Waals surface area contributed by atoms with E-state index >= 15 is 0 Å². The van der Waals surface area contributed by atoms with Gasteiger partial charge in [-0.1, -0.05) is 0 Å². The second-order valence-electron chi connectivity index (χ2n) is 4.53. The second kappa shape index (κ2) is 4.13. The van der Waals surface area contributed by atoms with Crippen LogP contribution >= 0.6 is 0 Å². The number of benzene rings is 1. The first-order chi connectivity index (χ1) is 7.20. The largest absolute Gasteiger partial charge is 0.399 e. The van der Waals surface area contributed by atoms with Crippen molar-refractivity contribution in [1.29, 1.82) is 0 Å². The Balaban J connectivity index is 2.16. The number of rotatable bonds is 4. The minimum Gasteiger partial charge on any atom is -0.399 e. The van der Waals surface area contributed by atoms with Crippen molar-refractivity contribution in [3.63, 3.8) is 0 Å². The molecule has 0 spiro atoms. The van der Waals surface area contributed by atoms with Crippen LogP contribution in [0, 0.1) is 12.8 Å². The standard InChI is InChI=1S/C13H20N2/c1-3-15(9-11-4-5-11)13-7-6-12(14)8-10(13)2/h6-8,11H,3-5,9,14H2,1-2H3. The molecule has 0 bridgehead atoms. The van der Waals surface area contributed by atoms with Gasteiger partial charge in [-0.05, 0) is 56.4 Å². The zero-order chi connectivity index (χ0) is 10.8. The van der Waals surface area contributed by atoms with Gasteiger partial charge in [-0.2, -0.15) is 0 Å². The van der Waals surface area contributed by atoms with E-state index in [1.54, 1.807) is 0 Å². The SMILES string of the molecule is CCN(CC1CC1)c1ccc(N)cc1C. The van der Waals surface area contributed by atoms with E-state index in [1.807, 2.05) is 6.07 Å². The van der Waals surface area contributed by atoms with E-state index in [9.17, 15) is 0 Å². The highest BCUT2D eigenvalue weighted by Crippen LogP contribution is 2.32. The van der Waals surface area contributed by atoms with Crippen molar-refractivity contribution in [2.75, 3.05) is 23.7 Å². The summed E-state index contributed by atoms with van der Waals surface area (Å²) in [4.78, 5) is 2.46. The molecule has 0 radical (unpaired) electrons. The van der Waals surface area contributed by atoms with Gasteiger partial charge in [0.15, 0.2) is 0 Å². The molecule has 82 valence electrons. The average Bonchev–Trinajstić information content (AvgIpc) is 2.99. The number of nitrogens with two attached hydrogens (primary N) is 1. The zero-order valence-corrected chi connectivity index (χ0v) is 9.66. The highest BCUT2D eigenvalue weighted by molar-refractivity contribution is 5.59. The van der Waals surface area contributed by atoms with Gasteiger partial charge in [0.25, 0.3) is 0 Å². The van der Waals surface area contributed by atoms with Gasteiger partial charge in [-0.25, -0.2) is 0 Å². The predicted molar refractivity (Wildman–Crippen MR) is 66.2 cm³/mol. The van der Waals surface area contributed by atoms with Gasteiger partial charge in [-0.3, -0.25) is 0 Å². The van der Waals surface area contributed by atoms with E-state index in [4.69, 9.17) is 5.73 Å². The molecular weight excluding hydrogens is 184 g/mol. The summed E-state index contributed by atoms with van der Waals surface area (Å²) in [5, 5.41) is 0. The molecule has 1 aromatic rings. The Morgan fingerprint density at radius 2 is 2.13 bits per heavy atom. The highest BCUT2D eigenvalue weighted by atomic mass is 15.1. The average molecular weight is 204 g/mol. The van der Waals surface area contributed by atoms with Gasteiger partial charge in [0.1, 0.15) is 0 Å². The molecule has 0 atom stereocenters. The number of hydrogen-bond donors (Lipinski definition) is 1. The zero-order valence-electron chi connectivity index (χ0n) is 9.66. The molecule has 0 aromatic heterocycles. The summed E-state index contributed by atoms with van der Waals surface area (Å²) in [6, 6.07) is 6.21. The molecule has 15 heavy (non-hydrogen) atoms. The Morgan fingerprint density at radius 1 is 1.40 bits per heavy atom. The summed E-state index contributed by atoms with van der Waals surface area (Å²) >= 11 is 0. The number of hydrogen-bond acceptors (Lipinski definition) is 2. The summed E-state index contributed by atoms with van der Waals surface area (Å²) in [5.41, 5.74) is 9.26. The molecule has 1 fully saturated rings. The summed E-state index contributed by atoms with van der Waals surface area (Å²) < 4.78 is 0. The predicted octanol–water partition coefficient (Wildman–Crippen LogP) is 2.81. The Bertz CT molecular complexity index is 342. The van der Waals surface area contributed by atoms with Gasteiger partial charge >= 0.3 is 0 Å². The van der Waals surface area contributed by atoms with Gasteiger partial charge < -0.3 is 10.6 Å². The lowest BCUT2D eigenvalue weighted by molar-refractivity contribution is 0.740. The Hall–Kier alpha value is -1.18. The van der Waals surface area contributed by atoms with E-state index in [0.29, 0.717) is 0 Å². The molecule has 2 nitrogen and oxygen atoms in total. The molecule has 1 aromatic carbocycles. The molecule has 0 unspecified atom stereocenters. The lowest BCUT2D eigenvalue weighted by atomic mass is 10.1.